The van der Waals surface area contributed by atoms with Crippen molar-refractivity contribution in [3.63, 3.8) is 0 Å². The van der Waals surface area contributed by atoms with E-state index in [1.165, 1.54) is 5.56 Å². The summed E-state index contributed by atoms with van der Waals surface area (Å²) in [5.41, 5.74) is 1.21. The molecule has 0 aromatic heterocycles. The van der Waals surface area contributed by atoms with E-state index in [1.807, 2.05) is 19.2 Å². The summed E-state index contributed by atoms with van der Waals surface area (Å²) in [4.78, 5) is 1.16. The Morgan fingerprint density at radius 1 is 1.19 bits per heavy atom. The van der Waals surface area contributed by atoms with E-state index < -0.39 is 0 Å². The molecule has 0 heterocycles. The van der Waals surface area contributed by atoms with E-state index in [0.717, 1.165) is 29.4 Å². The summed E-state index contributed by atoms with van der Waals surface area (Å²) >= 11 is 1.69. The topological polar surface area (TPSA) is 30.5 Å². The molecule has 0 spiro atoms. The van der Waals surface area contributed by atoms with Crippen LogP contribution in [0.25, 0.3) is 0 Å². The third-order valence-corrected chi connectivity index (χ3v) is 3.31. The molecule has 0 aliphatic heterocycles. The van der Waals surface area contributed by atoms with Crippen LogP contribution in [-0.2, 0) is 6.42 Å². The highest BCUT2D eigenvalue weighted by Crippen LogP contribution is 2.37. The number of thioether (sulfide) groups is 1. The maximum atomic E-state index is 5.39. The number of methoxy groups -OCH3 is 2. The quantitative estimate of drug-likeness (QED) is 0.773. The number of nitrogens with one attached hydrogen (secondary N) is 1. The van der Waals surface area contributed by atoms with E-state index in [1.54, 1.807) is 26.0 Å². The van der Waals surface area contributed by atoms with Crippen LogP contribution >= 0.6 is 11.8 Å². The standard InChI is InChI=1S/C12H19NO2S/c1-13-8-7-9-10(14-2)5-6-11(15-3)12(9)16-4/h5-6,13H,7-8H2,1-4H3. The van der Waals surface area contributed by atoms with Gasteiger partial charge in [0, 0.05) is 5.56 Å². The Morgan fingerprint density at radius 2 is 1.81 bits per heavy atom. The molecular formula is C12H19NO2S. The molecule has 0 fully saturated rings. The number of hydrogen-bond donors (Lipinski definition) is 1. The van der Waals surface area contributed by atoms with Gasteiger partial charge in [0.25, 0.3) is 0 Å². The average Bonchev–Trinajstić information content (AvgIpc) is 2.34. The van der Waals surface area contributed by atoms with Gasteiger partial charge in [0.2, 0.25) is 0 Å². The zero-order valence-corrected chi connectivity index (χ0v) is 11.1. The minimum atomic E-state index is 0.916. The van der Waals surface area contributed by atoms with Gasteiger partial charge in [-0.3, -0.25) is 0 Å². The summed E-state index contributed by atoms with van der Waals surface area (Å²) in [5, 5.41) is 3.15. The lowest BCUT2D eigenvalue weighted by atomic mass is 10.1. The smallest absolute Gasteiger partial charge is 0.132 e. The summed E-state index contributed by atoms with van der Waals surface area (Å²) in [6.45, 7) is 0.928. The lowest BCUT2D eigenvalue weighted by Crippen LogP contribution is -2.12. The first-order valence-corrected chi connectivity index (χ1v) is 6.43. The van der Waals surface area contributed by atoms with Crippen LogP contribution in [0.1, 0.15) is 5.56 Å². The lowest BCUT2D eigenvalue weighted by molar-refractivity contribution is 0.389. The molecule has 1 aromatic carbocycles. The molecule has 0 bridgehead atoms. The van der Waals surface area contributed by atoms with Crippen molar-refractivity contribution in [2.24, 2.45) is 0 Å². The van der Waals surface area contributed by atoms with Gasteiger partial charge < -0.3 is 14.8 Å². The highest BCUT2D eigenvalue weighted by Gasteiger charge is 2.13. The molecule has 0 aliphatic carbocycles. The molecule has 3 nitrogen and oxygen atoms in total. The van der Waals surface area contributed by atoms with Gasteiger partial charge in [-0.05, 0) is 38.4 Å². The Hall–Kier alpha value is -0.870. The molecule has 0 radical (unpaired) electrons. The first-order valence-electron chi connectivity index (χ1n) is 5.20. The monoisotopic (exact) mass is 241 g/mol. The number of ether oxygens (including phenoxy) is 2. The van der Waals surface area contributed by atoms with Crippen molar-refractivity contribution >= 4 is 11.8 Å². The first-order chi connectivity index (χ1) is 7.78. The number of rotatable bonds is 6. The zero-order valence-electron chi connectivity index (χ0n) is 10.3. The molecule has 1 aromatic rings. The van der Waals surface area contributed by atoms with Crippen molar-refractivity contribution in [2.75, 3.05) is 34.1 Å². The van der Waals surface area contributed by atoms with Gasteiger partial charge in [0.05, 0.1) is 19.1 Å². The SMILES string of the molecule is CNCCc1c(OC)ccc(OC)c1SC. The van der Waals surface area contributed by atoms with Crippen molar-refractivity contribution in [1.82, 2.24) is 5.32 Å². The van der Waals surface area contributed by atoms with E-state index in [0.29, 0.717) is 0 Å². The first kappa shape index (κ1) is 13.2. The summed E-state index contributed by atoms with van der Waals surface area (Å²) in [7, 11) is 5.35. The molecule has 0 atom stereocenters. The Morgan fingerprint density at radius 3 is 2.31 bits per heavy atom. The maximum absolute atomic E-state index is 5.39. The number of likely N-dealkylation sites (N-methyl/N-ethyl adjacent to an activating group) is 1. The molecule has 0 saturated heterocycles. The number of hydrogen-bond acceptors (Lipinski definition) is 4. The van der Waals surface area contributed by atoms with Crippen molar-refractivity contribution in [3.05, 3.63) is 17.7 Å². The highest BCUT2D eigenvalue weighted by atomic mass is 32.2. The van der Waals surface area contributed by atoms with E-state index >= 15 is 0 Å². The van der Waals surface area contributed by atoms with Gasteiger partial charge in [0.15, 0.2) is 0 Å². The van der Waals surface area contributed by atoms with E-state index in [9.17, 15) is 0 Å². The van der Waals surface area contributed by atoms with Crippen LogP contribution in [0.2, 0.25) is 0 Å². The molecule has 4 heteroatoms. The van der Waals surface area contributed by atoms with Gasteiger partial charge >= 0.3 is 0 Å². The highest BCUT2D eigenvalue weighted by molar-refractivity contribution is 7.98. The molecule has 0 saturated carbocycles. The molecule has 1 N–H and O–H groups in total. The van der Waals surface area contributed by atoms with Crippen LogP contribution in [0.15, 0.2) is 17.0 Å². The van der Waals surface area contributed by atoms with Crippen LogP contribution in [-0.4, -0.2) is 34.1 Å². The Kier molecular flexibility index (Phi) is 5.49. The Bertz CT molecular complexity index is 342. The summed E-state index contributed by atoms with van der Waals surface area (Å²) < 4.78 is 10.7. The fourth-order valence-corrected chi connectivity index (χ4v) is 2.45. The van der Waals surface area contributed by atoms with Crippen LogP contribution in [0.4, 0.5) is 0 Å². The van der Waals surface area contributed by atoms with Crippen LogP contribution in [0.5, 0.6) is 11.5 Å². The van der Waals surface area contributed by atoms with Gasteiger partial charge in [0.1, 0.15) is 11.5 Å². The third-order valence-electron chi connectivity index (χ3n) is 2.45. The molecule has 1 rings (SSSR count). The average molecular weight is 241 g/mol. The second-order valence-corrected chi connectivity index (χ2v) is 4.15. The minimum absolute atomic E-state index is 0.916. The maximum Gasteiger partial charge on any atom is 0.132 e. The minimum Gasteiger partial charge on any atom is -0.496 e. The lowest BCUT2D eigenvalue weighted by Gasteiger charge is -2.15. The van der Waals surface area contributed by atoms with Gasteiger partial charge in [-0.15, -0.1) is 11.8 Å². The molecule has 0 amide bonds. The van der Waals surface area contributed by atoms with Gasteiger partial charge in [-0.25, -0.2) is 0 Å². The van der Waals surface area contributed by atoms with Crippen LogP contribution in [0, 0.1) is 0 Å². The summed E-state index contributed by atoms with van der Waals surface area (Å²) in [6, 6.07) is 3.91. The molecular weight excluding hydrogens is 222 g/mol. The second-order valence-electron chi connectivity index (χ2n) is 3.34. The van der Waals surface area contributed by atoms with Gasteiger partial charge in [-0.1, -0.05) is 0 Å². The predicted molar refractivity (Wildman–Crippen MR) is 69.0 cm³/mol. The van der Waals surface area contributed by atoms with Crippen LogP contribution < -0.4 is 14.8 Å². The van der Waals surface area contributed by atoms with E-state index in [2.05, 4.69) is 11.6 Å². The predicted octanol–water partition coefficient (Wildman–Crippen LogP) is 2.19. The molecule has 0 unspecified atom stereocenters. The summed E-state index contributed by atoms with van der Waals surface area (Å²) in [5.74, 6) is 1.85. The number of benzene rings is 1. The van der Waals surface area contributed by atoms with E-state index in [4.69, 9.17) is 9.47 Å². The van der Waals surface area contributed by atoms with Crippen molar-refractivity contribution in [2.45, 2.75) is 11.3 Å². The second kappa shape index (κ2) is 6.66. The fraction of sp³-hybridized carbons (Fsp3) is 0.500. The fourth-order valence-electron chi connectivity index (χ4n) is 1.65. The van der Waals surface area contributed by atoms with Gasteiger partial charge in [-0.2, -0.15) is 0 Å². The molecule has 16 heavy (non-hydrogen) atoms. The van der Waals surface area contributed by atoms with Crippen LogP contribution in [0.3, 0.4) is 0 Å². The Labute approximate surface area is 102 Å². The molecule has 0 aliphatic rings. The normalized spacial score (nSPS) is 10.2. The largest absolute Gasteiger partial charge is 0.496 e. The Balaban J connectivity index is 3.14. The van der Waals surface area contributed by atoms with Crippen molar-refractivity contribution in [3.8, 4) is 11.5 Å². The zero-order chi connectivity index (χ0) is 12.0. The van der Waals surface area contributed by atoms with E-state index in [-0.39, 0.29) is 0 Å². The van der Waals surface area contributed by atoms with Crippen molar-refractivity contribution < 1.29 is 9.47 Å². The summed E-state index contributed by atoms with van der Waals surface area (Å²) in [6.07, 6.45) is 2.99. The molecule has 90 valence electrons. The van der Waals surface area contributed by atoms with Crippen molar-refractivity contribution in [1.29, 1.82) is 0 Å². The third kappa shape index (κ3) is 2.83.